The van der Waals surface area contributed by atoms with Crippen molar-refractivity contribution in [2.75, 3.05) is 34.0 Å². The second kappa shape index (κ2) is 10.0. The molecule has 0 heterocycles. The Kier molecular flexibility index (Phi) is 8.42. The summed E-state index contributed by atoms with van der Waals surface area (Å²) in [6.07, 6.45) is 0.717. The molecule has 1 rings (SSSR count). The van der Waals surface area contributed by atoms with E-state index in [0.29, 0.717) is 13.2 Å². The Morgan fingerprint density at radius 2 is 1.83 bits per heavy atom. The minimum absolute atomic E-state index is 0.262. The minimum atomic E-state index is -0.262. The lowest BCUT2D eigenvalue weighted by molar-refractivity contribution is -0.140. The van der Waals surface area contributed by atoms with Gasteiger partial charge in [-0.3, -0.25) is 0 Å². The van der Waals surface area contributed by atoms with Crippen molar-refractivity contribution in [2.45, 2.75) is 19.3 Å². The summed E-state index contributed by atoms with van der Waals surface area (Å²) < 4.78 is 15.5. The summed E-state index contributed by atoms with van der Waals surface area (Å²) in [5.41, 5.74) is 1.30. The summed E-state index contributed by atoms with van der Waals surface area (Å²) in [6, 6.07) is 10.4. The van der Waals surface area contributed by atoms with Crippen molar-refractivity contribution in [2.24, 2.45) is 0 Å². The van der Waals surface area contributed by atoms with Crippen LogP contribution in [0.2, 0.25) is 0 Å². The third-order valence-electron chi connectivity index (χ3n) is 2.59. The molecule has 0 aliphatic heterocycles. The van der Waals surface area contributed by atoms with Gasteiger partial charge in [0, 0.05) is 27.4 Å². The summed E-state index contributed by atoms with van der Waals surface area (Å²) in [5.74, 6) is 0. The van der Waals surface area contributed by atoms with Gasteiger partial charge in [-0.05, 0) is 18.5 Å². The van der Waals surface area contributed by atoms with E-state index in [0.717, 1.165) is 19.5 Å². The quantitative estimate of drug-likeness (QED) is 0.510. The molecule has 1 aromatic carbocycles. The molecule has 102 valence electrons. The zero-order chi connectivity index (χ0) is 13.1. The molecule has 0 fully saturated rings. The van der Waals surface area contributed by atoms with Crippen LogP contribution in [-0.4, -0.2) is 40.3 Å². The number of ether oxygens (including phenoxy) is 3. The van der Waals surface area contributed by atoms with Gasteiger partial charge in [0.15, 0.2) is 6.29 Å². The standard InChI is InChI=1S/C14H23NO3/c1-16-14(17-2)12-18-10-6-9-15-11-13-7-4-3-5-8-13/h3-5,7-8,14-15H,6,9-12H2,1-2H3. The molecule has 0 spiro atoms. The number of rotatable bonds is 10. The first-order valence-corrected chi connectivity index (χ1v) is 6.24. The van der Waals surface area contributed by atoms with E-state index in [9.17, 15) is 0 Å². The van der Waals surface area contributed by atoms with Gasteiger partial charge in [0.2, 0.25) is 0 Å². The Morgan fingerprint density at radius 1 is 1.11 bits per heavy atom. The SMILES string of the molecule is COC(COCCCNCc1ccccc1)OC. The van der Waals surface area contributed by atoms with Gasteiger partial charge in [0.05, 0.1) is 6.61 Å². The molecule has 0 saturated heterocycles. The third-order valence-corrected chi connectivity index (χ3v) is 2.59. The topological polar surface area (TPSA) is 39.7 Å². The second-order valence-corrected chi connectivity index (χ2v) is 3.99. The Labute approximate surface area is 109 Å². The maximum Gasteiger partial charge on any atom is 0.180 e. The summed E-state index contributed by atoms with van der Waals surface area (Å²) >= 11 is 0. The molecule has 0 aliphatic carbocycles. The van der Waals surface area contributed by atoms with Crippen molar-refractivity contribution in [3.63, 3.8) is 0 Å². The molecule has 4 heteroatoms. The fourth-order valence-corrected chi connectivity index (χ4v) is 1.54. The van der Waals surface area contributed by atoms with Crippen LogP contribution in [0, 0.1) is 0 Å². The molecule has 0 unspecified atom stereocenters. The first kappa shape index (κ1) is 15.1. The van der Waals surface area contributed by atoms with Gasteiger partial charge < -0.3 is 19.5 Å². The van der Waals surface area contributed by atoms with Gasteiger partial charge >= 0.3 is 0 Å². The molecule has 0 atom stereocenters. The molecule has 0 aliphatic rings. The number of nitrogens with one attached hydrogen (secondary N) is 1. The van der Waals surface area contributed by atoms with E-state index in [2.05, 4.69) is 29.6 Å². The Bertz CT molecular complexity index is 288. The molecule has 0 saturated carbocycles. The average molecular weight is 253 g/mol. The fourth-order valence-electron chi connectivity index (χ4n) is 1.54. The van der Waals surface area contributed by atoms with Gasteiger partial charge in [-0.1, -0.05) is 30.3 Å². The molecule has 1 N–H and O–H groups in total. The number of hydrogen-bond acceptors (Lipinski definition) is 4. The lowest BCUT2D eigenvalue weighted by atomic mass is 10.2. The second-order valence-electron chi connectivity index (χ2n) is 3.99. The zero-order valence-corrected chi connectivity index (χ0v) is 11.2. The van der Waals surface area contributed by atoms with Crippen LogP contribution in [0.5, 0.6) is 0 Å². The highest BCUT2D eigenvalue weighted by Crippen LogP contribution is 1.97. The molecule has 0 aromatic heterocycles. The van der Waals surface area contributed by atoms with E-state index >= 15 is 0 Å². The van der Waals surface area contributed by atoms with E-state index in [1.807, 2.05) is 6.07 Å². The molecular formula is C14H23NO3. The Hall–Kier alpha value is -0.940. The van der Waals surface area contributed by atoms with Crippen LogP contribution in [0.1, 0.15) is 12.0 Å². The van der Waals surface area contributed by atoms with Crippen molar-refractivity contribution in [3.05, 3.63) is 35.9 Å². The molecule has 0 radical (unpaired) electrons. The van der Waals surface area contributed by atoms with Crippen molar-refractivity contribution >= 4 is 0 Å². The predicted molar refractivity (Wildman–Crippen MR) is 71.4 cm³/mol. The molecular weight excluding hydrogens is 230 g/mol. The number of methoxy groups -OCH3 is 2. The maximum atomic E-state index is 5.44. The van der Waals surface area contributed by atoms with E-state index in [1.54, 1.807) is 14.2 Å². The minimum Gasteiger partial charge on any atom is -0.376 e. The molecule has 18 heavy (non-hydrogen) atoms. The van der Waals surface area contributed by atoms with Crippen LogP contribution in [-0.2, 0) is 20.8 Å². The lowest BCUT2D eigenvalue weighted by Gasteiger charge is -2.13. The van der Waals surface area contributed by atoms with Crippen LogP contribution < -0.4 is 5.32 Å². The van der Waals surface area contributed by atoms with Crippen molar-refractivity contribution in [1.82, 2.24) is 5.32 Å². The summed E-state index contributed by atoms with van der Waals surface area (Å²) in [5, 5.41) is 3.38. The van der Waals surface area contributed by atoms with Crippen LogP contribution in [0.25, 0.3) is 0 Å². The molecule has 4 nitrogen and oxygen atoms in total. The highest BCUT2D eigenvalue weighted by molar-refractivity contribution is 5.14. The number of hydrogen-bond donors (Lipinski definition) is 1. The van der Waals surface area contributed by atoms with Crippen LogP contribution in [0.4, 0.5) is 0 Å². The van der Waals surface area contributed by atoms with Gasteiger partial charge in [-0.2, -0.15) is 0 Å². The van der Waals surface area contributed by atoms with E-state index in [1.165, 1.54) is 5.56 Å². The van der Waals surface area contributed by atoms with Gasteiger partial charge in [0.1, 0.15) is 0 Å². The molecule has 0 bridgehead atoms. The van der Waals surface area contributed by atoms with E-state index in [-0.39, 0.29) is 6.29 Å². The maximum absolute atomic E-state index is 5.44. The zero-order valence-electron chi connectivity index (χ0n) is 11.2. The van der Waals surface area contributed by atoms with Gasteiger partial charge in [-0.15, -0.1) is 0 Å². The number of benzene rings is 1. The van der Waals surface area contributed by atoms with Gasteiger partial charge in [0.25, 0.3) is 0 Å². The third kappa shape index (κ3) is 6.71. The van der Waals surface area contributed by atoms with Crippen molar-refractivity contribution < 1.29 is 14.2 Å². The van der Waals surface area contributed by atoms with Crippen molar-refractivity contribution in [3.8, 4) is 0 Å². The van der Waals surface area contributed by atoms with E-state index < -0.39 is 0 Å². The highest BCUT2D eigenvalue weighted by atomic mass is 16.7. The molecule has 1 aromatic rings. The first-order chi connectivity index (χ1) is 8.86. The molecule has 0 amide bonds. The van der Waals surface area contributed by atoms with Gasteiger partial charge in [-0.25, -0.2) is 0 Å². The highest BCUT2D eigenvalue weighted by Gasteiger charge is 2.03. The summed E-state index contributed by atoms with van der Waals surface area (Å²) in [6.45, 7) is 3.04. The normalized spacial score (nSPS) is 11.1. The van der Waals surface area contributed by atoms with E-state index in [4.69, 9.17) is 14.2 Å². The lowest BCUT2D eigenvalue weighted by Crippen LogP contribution is -2.22. The summed E-state index contributed by atoms with van der Waals surface area (Å²) in [7, 11) is 3.22. The van der Waals surface area contributed by atoms with Crippen LogP contribution >= 0.6 is 0 Å². The van der Waals surface area contributed by atoms with Crippen LogP contribution in [0.15, 0.2) is 30.3 Å². The van der Waals surface area contributed by atoms with Crippen molar-refractivity contribution in [1.29, 1.82) is 0 Å². The first-order valence-electron chi connectivity index (χ1n) is 6.24. The predicted octanol–water partition coefficient (Wildman–Crippen LogP) is 1.80. The Balaban J connectivity index is 1.93. The average Bonchev–Trinajstić information content (AvgIpc) is 2.43. The summed E-state index contributed by atoms with van der Waals surface area (Å²) in [4.78, 5) is 0. The fraction of sp³-hybridized carbons (Fsp3) is 0.571. The smallest absolute Gasteiger partial charge is 0.180 e. The monoisotopic (exact) mass is 253 g/mol. The largest absolute Gasteiger partial charge is 0.376 e. The Morgan fingerprint density at radius 3 is 2.50 bits per heavy atom. The van der Waals surface area contributed by atoms with Crippen LogP contribution in [0.3, 0.4) is 0 Å².